The summed E-state index contributed by atoms with van der Waals surface area (Å²) < 4.78 is 0. The van der Waals surface area contributed by atoms with Crippen LogP contribution >= 0.6 is 0 Å². The minimum absolute atomic E-state index is 0.0378. The topological polar surface area (TPSA) is 39.1 Å². The Morgan fingerprint density at radius 2 is 2.13 bits per heavy atom. The summed E-state index contributed by atoms with van der Waals surface area (Å²) in [6, 6.07) is 2.92. The lowest BCUT2D eigenvalue weighted by Gasteiger charge is -2.37. The van der Waals surface area contributed by atoms with Gasteiger partial charge in [-0.1, -0.05) is 19.8 Å². The summed E-state index contributed by atoms with van der Waals surface area (Å²) in [5.41, 5.74) is 0. The van der Waals surface area contributed by atoms with Gasteiger partial charge >= 0.3 is 0 Å². The molecular formula is C12H23N3. The lowest BCUT2D eigenvalue weighted by Crippen LogP contribution is -2.45. The van der Waals surface area contributed by atoms with Gasteiger partial charge in [0.25, 0.3) is 0 Å². The average Bonchev–Trinajstić information content (AvgIpc) is 2.26. The predicted octanol–water partition coefficient (Wildman–Crippen LogP) is 1.61. The van der Waals surface area contributed by atoms with Crippen LogP contribution in [0.2, 0.25) is 0 Å². The van der Waals surface area contributed by atoms with E-state index in [0.717, 1.165) is 12.5 Å². The Morgan fingerprint density at radius 3 is 2.67 bits per heavy atom. The predicted molar refractivity (Wildman–Crippen MR) is 62.5 cm³/mol. The van der Waals surface area contributed by atoms with E-state index in [0.29, 0.717) is 6.04 Å². The van der Waals surface area contributed by atoms with Crippen molar-refractivity contribution in [3.8, 4) is 6.07 Å². The van der Waals surface area contributed by atoms with Gasteiger partial charge in [0, 0.05) is 12.6 Å². The minimum atomic E-state index is -0.0378. The molecule has 0 aliphatic heterocycles. The van der Waals surface area contributed by atoms with E-state index in [1.165, 1.54) is 25.7 Å². The van der Waals surface area contributed by atoms with Gasteiger partial charge in [0.2, 0.25) is 0 Å². The van der Waals surface area contributed by atoms with Crippen LogP contribution in [0.25, 0.3) is 0 Å². The molecule has 1 fully saturated rings. The van der Waals surface area contributed by atoms with Gasteiger partial charge in [-0.3, -0.25) is 0 Å². The average molecular weight is 209 g/mol. The molecule has 0 saturated heterocycles. The van der Waals surface area contributed by atoms with Gasteiger partial charge in [-0.15, -0.1) is 0 Å². The first kappa shape index (κ1) is 12.5. The van der Waals surface area contributed by atoms with E-state index in [1.807, 2.05) is 7.05 Å². The fourth-order valence-electron chi connectivity index (χ4n) is 2.57. The zero-order chi connectivity index (χ0) is 11.3. The number of hydrogen-bond acceptors (Lipinski definition) is 3. The van der Waals surface area contributed by atoms with Gasteiger partial charge < -0.3 is 10.2 Å². The summed E-state index contributed by atoms with van der Waals surface area (Å²) in [5, 5.41) is 11.9. The zero-order valence-electron chi connectivity index (χ0n) is 10.2. The van der Waals surface area contributed by atoms with E-state index < -0.39 is 0 Å². The molecule has 0 aromatic rings. The SMILES string of the molecule is CNC(C#N)CN(C)C1CCCCC1C. The largest absolute Gasteiger partial charge is 0.304 e. The Morgan fingerprint density at radius 1 is 1.47 bits per heavy atom. The van der Waals surface area contributed by atoms with Crippen LogP contribution in [0.1, 0.15) is 32.6 Å². The second-order valence-corrected chi connectivity index (χ2v) is 4.74. The van der Waals surface area contributed by atoms with Crippen molar-refractivity contribution >= 4 is 0 Å². The van der Waals surface area contributed by atoms with Crippen LogP contribution in [0, 0.1) is 17.2 Å². The Labute approximate surface area is 93.5 Å². The lowest BCUT2D eigenvalue weighted by atomic mass is 9.85. The summed E-state index contributed by atoms with van der Waals surface area (Å²) >= 11 is 0. The molecule has 0 amide bonds. The molecule has 3 heteroatoms. The van der Waals surface area contributed by atoms with Crippen LogP contribution in [0.15, 0.2) is 0 Å². The second kappa shape index (κ2) is 6.09. The summed E-state index contributed by atoms with van der Waals surface area (Å²) in [6.07, 6.45) is 5.35. The number of rotatable bonds is 4. The molecule has 15 heavy (non-hydrogen) atoms. The van der Waals surface area contributed by atoms with E-state index in [-0.39, 0.29) is 6.04 Å². The van der Waals surface area contributed by atoms with Crippen molar-refractivity contribution in [2.45, 2.75) is 44.7 Å². The highest BCUT2D eigenvalue weighted by atomic mass is 15.2. The van der Waals surface area contributed by atoms with Crippen molar-refractivity contribution in [1.82, 2.24) is 10.2 Å². The van der Waals surface area contributed by atoms with Gasteiger partial charge in [0.15, 0.2) is 0 Å². The third-order valence-electron chi connectivity index (χ3n) is 3.61. The second-order valence-electron chi connectivity index (χ2n) is 4.74. The van der Waals surface area contributed by atoms with Crippen LogP contribution < -0.4 is 5.32 Å². The zero-order valence-corrected chi connectivity index (χ0v) is 10.2. The molecule has 1 aliphatic rings. The van der Waals surface area contributed by atoms with Crippen molar-refractivity contribution < 1.29 is 0 Å². The molecule has 1 aliphatic carbocycles. The molecule has 0 aromatic heterocycles. The Hall–Kier alpha value is -0.590. The van der Waals surface area contributed by atoms with Gasteiger partial charge in [-0.25, -0.2) is 0 Å². The van der Waals surface area contributed by atoms with Gasteiger partial charge in [-0.2, -0.15) is 5.26 Å². The summed E-state index contributed by atoms with van der Waals surface area (Å²) in [6.45, 7) is 3.17. The molecule has 0 spiro atoms. The molecule has 0 heterocycles. The van der Waals surface area contributed by atoms with Crippen LogP contribution in [-0.2, 0) is 0 Å². The van der Waals surface area contributed by atoms with E-state index in [2.05, 4.69) is 30.3 Å². The van der Waals surface area contributed by atoms with E-state index in [9.17, 15) is 0 Å². The monoisotopic (exact) mass is 209 g/mol. The van der Waals surface area contributed by atoms with Gasteiger partial charge in [0.05, 0.1) is 6.07 Å². The molecule has 0 aromatic carbocycles. The van der Waals surface area contributed by atoms with Crippen molar-refractivity contribution in [2.75, 3.05) is 20.6 Å². The normalized spacial score (nSPS) is 28.7. The summed E-state index contributed by atoms with van der Waals surface area (Å²) in [4.78, 5) is 2.36. The molecule has 3 unspecified atom stereocenters. The number of nitriles is 1. The molecule has 3 nitrogen and oxygen atoms in total. The molecule has 1 rings (SSSR count). The highest BCUT2D eigenvalue weighted by molar-refractivity contribution is 4.92. The van der Waals surface area contributed by atoms with Gasteiger partial charge in [-0.05, 0) is 32.9 Å². The Bertz CT molecular complexity index is 221. The number of nitrogens with zero attached hydrogens (tertiary/aromatic N) is 2. The van der Waals surface area contributed by atoms with Gasteiger partial charge in [0.1, 0.15) is 6.04 Å². The van der Waals surface area contributed by atoms with E-state index in [1.54, 1.807) is 0 Å². The van der Waals surface area contributed by atoms with Crippen LogP contribution in [-0.4, -0.2) is 37.6 Å². The first-order chi connectivity index (χ1) is 7.19. The maximum absolute atomic E-state index is 8.90. The third kappa shape index (κ3) is 3.48. The van der Waals surface area contributed by atoms with E-state index in [4.69, 9.17) is 5.26 Å². The molecule has 1 saturated carbocycles. The molecule has 3 atom stereocenters. The van der Waals surface area contributed by atoms with E-state index >= 15 is 0 Å². The smallest absolute Gasteiger partial charge is 0.108 e. The highest BCUT2D eigenvalue weighted by Gasteiger charge is 2.25. The lowest BCUT2D eigenvalue weighted by molar-refractivity contribution is 0.135. The number of nitrogens with one attached hydrogen (secondary N) is 1. The third-order valence-corrected chi connectivity index (χ3v) is 3.61. The molecule has 0 radical (unpaired) electrons. The highest BCUT2D eigenvalue weighted by Crippen LogP contribution is 2.27. The Kier molecular flexibility index (Phi) is 5.07. The first-order valence-electron chi connectivity index (χ1n) is 5.96. The fourth-order valence-corrected chi connectivity index (χ4v) is 2.57. The summed E-state index contributed by atoms with van der Waals surface area (Å²) in [5.74, 6) is 0.778. The summed E-state index contributed by atoms with van der Waals surface area (Å²) in [7, 11) is 4.00. The maximum atomic E-state index is 8.90. The van der Waals surface area contributed by atoms with Crippen molar-refractivity contribution in [3.63, 3.8) is 0 Å². The van der Waals surface area contributed by atoms with Crippen molar-refractivity contribution in [3.05, 3.63) is 0 Å². The standard InChI is InChI=1S/C12H23N3/c1-10-6-4-5-7-12(10)15(3)9-11(8-13)14-2/h10-12,14H,4-7,9H2,1-3H3. The maximum Gasteiger partial charge on any atom is 0.108 e. The first-order valence-corrected chi connectivity index (χ1v) is 5.96. The fraction of sp³-hybridized carbons (Fsp3) is 0.917. The molecule has 1 N–H and O–H groups in total. The molecular weight excluding hydrogens is 186 g/mol. The van der Waals surface area contributed by atoms with Crippen molar-refractivity contribution in [2.24, 2.45) is 5.92 Å². The number of hydrogen-bond donors (Lipinski definition) is 1. The van der Waals surface area contributed by atoms with Crippen LogP contribution in [0.3, 0.4) is 0 Å². The van der Waals surface area contributed by atoms with Crippen molar-refractivity contribution in [1.29, 1.82) is 5.26 Å². The minimum Gasteiger partial charge on any atom is -0.304 e. The van der Waals surface area contributed by atoms with Crippen LogP contribution in [0.4, 0.5) is 0 Å². The quantitative estimate of drug-likeness (QED) is 0.764. The molecule has 86 valence electrons. The van der Waals surface area contributed by atoms with Crippen LogP contribution in [0.5, 0.6) is 0 Å². The number of likely N-dealkylation sites (N-methyl/N-ethyl adjacent to an activating group) is 2. The Balaban J connectivity index is 2.44. The molecule has 0 bridgehead atoms.